The Labute approximate surface area is 165 Å². The Morgan fingerprint density at radius 1 is 1.07 bits per heavy atom. The van der Waals surface area contributed by atoms with Gasteiger partial charge in [-0.15, -0.1) is 0 Å². The molecule has 8 heteroatoms. The molecular formula is C20H24N4O3S. The van der Waals surface area contributed by atoms with Gasteiger partial charge in [0.05, 0.1) is 22.5 Å². The lowest BCUT2D eigenvalue weighted by Gasteiger charge is -2.18. The van der Waals surface area contributed by atoms with Crippen LogP contribution < -0.4 is 0 Å². The molecule has 1 amide bonds. The van der Waals surface area contributed by atoms with E-state index in [1.165, 1.54) is 26.2 Å². The number of carbonyl (C=O) groups is 1. The first kappa shape index (κ1) is 20.0. The van der Waals surface area contributed by atoms with Gasteiger partial charge in [0.25, 0.3) is 5.91 Å². The SMILES string of the molecule is CCn1c(CN(C)C(=O)c2cccc(S(=O)(=O)N(C)C)c2)nc2ccccc21. The number of carbonyl (C=O) groups excluding carboxylic acids is 1. The average molecular weight is 401 g/mol. The van der Waals surface area contributed by atoms with Crippen LogP contribution in [-0.4, -0.2) is 54.2 Å². The Morgan fingerprint density at radius 2 is 1.79 bits per heavy atom. The molecular weight excluding hydrogens is 376 g/mol. The maximum Gasteiger partial charge on any atom is 0.254 e. The van der Waals surface area contributed by atoms with Gasteiger partial charge in [-0.3, -0.25) is 4.79 Å². The number of fused-ring (bicyclic) bond motifs is 1. The summed E-state index contributed by atoms with van der Waals surface area (Å²) in [6, 6.07) is 14.0. The minimum atomic E-state index is -3.60. The van der Waals surface area contributed by atoms with Crippen molar-refractivity contribution in [3.05, 3.63) is 59.9 Å². The van der Waals surface area contributed by atoms with Gasteiger partial charge in [0, 0.05) is 33.3 Å². The van der Waals surface area contributed by atoms with E-state index in [1.54, 1.807) is 24.1 Å². The van der Waals surface area contributed by atoms with Crippen LogP contribution in [-0.2, 0) is 23.1 Å². The van der Waals surface area contributed by atoms with Gasteiger partial charge in [0.15, 0.2) is 0 Å². The number of benzene rings is 2. The van der Waals surface area contributed by atoms with Gasteiger partial charge in [-0.05, 0) is 37.3 Å². The van der Waals surface area contributed by atoms with Gasteiger partial charge in [0.2, 0.25) is 10.0 Å². The fourth-order valence-corrected chi connectivity index (χ4v) is 4.05. The summed E-state index contributed by atoms with van der Waals surface area (Å²) in [6.45, 7) is 3.11. The third-order valence-electron chi connectivity index (χ3n) is 4.63. The number of amides is 1. The van der Waals surface area contributed by atoms with Crippen molar-refractivity contribution >= 4 is 27.0 Å². The van der Waals surface area contributed by atoms with E-state index in [0.717, 1.165) is 27.7 Å². The number of rotatable bonds is 6. The van der Waals surface area contributed by atoms with Crippen molar-refractivity contribution < 1.29 is 13.2 Å². The molecule has 3 rings (SSSR count). The van der Waals surface area contributed by atoms with Crippen molar-refractivity contribution in [3.63, 3.8) is 0 Å². The van der Waals surface area contributed by atoms with Crippen LogP contribution in [0.3, 0.4) is 0 Å². The van der Waals surface area contributed by atoms with Crippen molar-refractivity contribution in [2.24, 2.45) is 0 Å². The highest BCUT2D eigenvalue weighted by molar-refractivity contribution is 7.89. The zero-order chi connectivity index (χ0) is 20.5. The van der Waals surface area contributed by atoms with E-state index in [0.29, 0.717) is 12.1 Å². The van der Waals surface area contributed by atoms with E-state index in [9.17, 15) is 13.2 Å². The quantitative estimate of drug-likeness (QED) is 0.637. The summed E-state index contributed by atoms with van der Waals surface area (Å²) in [5, 5.41) is 0. The van der Waals surface area contributed by atoms with Crippen molar-refractivity contribution in [3.8, 4) is 0 Å². The summed E-state index contributed by atoms with van der Waals surface area (Å²) in [5.74, 6) is 0.530. The molecule has 3 aromatic rings. The first-order valence-corrected chi connectivity index (χ1v) is 10.4. The minimum absolute atomic E-state index is 0.0950. The average Bonchev–Trinajstić information content (AvgIpc) is 3.04. The Bertz CT molecular complexity index is 1120. The van der Waals surface area contributed by atoms with Gasteiger partial charge in [-0.1, -0.05) is 18.2 Å². The molecule has 0 spiro atoms. The third kappa shape index (κ3) is 3.65. The third-order valence-corrected chi connectivity index (χ3v) is 6.45. The molecule has 148 valence electrons. The first-order chi connectivity index (χ1) is 13.3. The number of aryl methyl sites for hydroxylation is 1. The molecule has 0 aliphatic carbocycles. The number of hydrogen-bond acceptors (Lipinski definition) is 4. The van der Waals surface area contributed by atoms with Gasteiger partial charge >= 0.3 is 0 Å². The van der Waals surface area contributed by atoms with Gasteiger partial charge in [-0.2, -0.15) is 0 Å². The normalized spacial score (nSPS) is 11.9. The van der Waals surface area contributed by atoms with E-state index >= 15 is 0 Å². The molecule has 0 radical (unpaired) electrons. The molecule has 0 fully saturated rings. The van der Waals surface area contributed by atoms with E-state index < -0.39 is 10.0 Å². The molecule has 0 saturated heterocycles. The highest BCUT2D eigenvalue weighted by Crippen LogP contribution is 2.19. The van der Waals surface area contributed by atoms with Crippen molar-refractivity contribution in [1.82, 2.24) is 18.8 Å². The molecule has 0 unspecified atom stereocenters. The predicted molar refractivity (Wildman–Crippen MR) is 109 cm³/mol. The highest BCUT2D eigenvalue weighted by atomic mass is 32.2. The van der Waals surface area contributed by atoms with Crippen LogP contribution in [0.15, 0.2) is 53.4 Å². The summed E-state index contributed by atoms with van der Waals surface area (Å²) in [6.07, 6.45) is 0. The second kappa shape index (κ2) is 7.73. The molecule has 0 aliphatic heterocycles. The van der Waals surface area contributed by atoms with Gasteiger partial charge in [0.1, 0.15) is 5.82 Å². The van der Waals surface area contributed by atoms with Crippen LogP contribution in [0.25, 0.3) is 11.0 Å². The molecule has 7 nitrogen and oxygen atoms in total. The Morgan fingerprint density at radius 3 is 2.46 bits per heavy atom. The molecule has 28 heavy (non-hydrogen) atoms. The monoisotopic (exact) mass is 400 g/mol. The predicted octanol–water partition coefficient (Wildman–Crippen LogP) is 2.58. The Kier molecular flexibility index (Phi) is 5.53. The van der Waals surface area contributed by atoms with Crippen LogP contribution in [0, 0.1) is 0 Å². The summed E-state index contributed by atoms with van der Waals surface area (Å²) in [4.78, 5) is 19.2. The Hall–Kier alpha value is -2.71. The van der Waals surface area contributed by atoms with E-state index in [-0.39, 0.29) is 10.8 Å². The zero-order valence-electron chi connectivity index (χ0n) is 16.5. The lowest BCUT2D eigenvalue weighted by Crippen LogP contribution is -2.28. The van der Waals surface area contributed by atoms with E-state index in [1.807, 2.05) is 31.2 Å². The molecule has 0 atom stereocenters. The number of sulfonamides is 1. The fourth-order valence-electron chi connectivity index (χ4n) is 3.10. The number of hydrogen-bond donors (Lipinski definition) is 0. The minimum Gasteiger partial charge on any atom is -0.334 e. The summed E-state index contributed by atoms with van der Waals surface area (Å²) < 4.78 is 27.9. The van der Waals surface area contributed by atoms with Crippen LogP contribution >= 0.6 is 0 Å². The molecule has 0 saturated carbocycles. The summed E-state index contributed by atoms with van der Waals surface area (Å²) in [5.41, 5.74) is 2.24. The fraction of sp³-hybridized carbons (Fsp3) is 0.300. The molecule has 2 aromatic carbocycles. The van der Waals surface area contributed by atoms with E-state index in [2.05, 4.69) is 9.55 Å². The largest absolute Gasteiger partial charge is 0.334 e. The van der Waals surface area contributed by atoms with Crippen molar-refractivity contribution in [2.45, 2.75) is 24.9 Å². The second-order valence-electron chi connectivity index (χ2n) is 6.74. The highest BCUT2D eigenvalue weighted by Gasteiger charge is 2.21. The Balaban J connectivity index is 1.88. The molecule has 0 aliphatic rings. The molecule has 0 bridgehead atoms. The maximum absolute atomic E-state index is 12.9. The number of aromatic nitrogens is 2. The zero-order valence-corrected chi connectivity index (χ0v) is 17.3. The summed E-state index contributed by atoms with van der Waals surface area (Å²) >= 11 is 0. The summed E-state index contributed by atoms with van der Waals surface area (Å²) in [7, 11) is 1.02. The first-order valence-electron chi connectivity index (χ1n) is 8.98. The van der Waals surface area contributed by atoms with Gasteiger partial charge < -0.3 is 9.47 Å². The van der Waals surface area contributed by atoms with E-state index in [4.69, 9.17) is 0 Å². The van der Waals surface area contributed by atoms with Crippen molar-refractivity contribution in [2.75, 3.05) is 21.1 Å². The second-order valence-corrected chi connectivity index (χ2v) is 8.89. The van der Waals surface area contributed by atoms with Crippen LogP contribution in [0.1, 0.15) is 23.1 Å². The number of para-hydroxylation sites is 2. The molecule has 1 heterocycles. The maximum atomic E-state index is 12.9. The van der Waals surface area contributed by atoms with Crippen LogP contribution in [0.2, 0.25) is 0 Å². The molecule has 1 aromatic heterocycles. The van der Waals surface area contributed by atoms with Gasteiger partial charge in [-0.25, -0.2) is 17.7 Å². The number of imidazole rings is 1. The van der Waals surface area contributed by atoms with Crippen LogP contribution in [0.5, 0.6) is 0 Å². The number of nitrogens with zero attached hydrogens (tertiary/aromatic N) is 4. The lowest BCUT2D eigenvalue weighted by molar-refractivity contribution is 0.0780. The molecule has 0 N–H and O–H groups in total. The standard InChI is InChI=1S/C20H24N4O3S/c1-5-24-18-12-7-6-11-17(18)21-19(24)14-23(4)20(25)15-9-8-10-16(13-15)28(26,27)22(2)3/h6-13H,5,14H2,1-4H3. The van der Waals surface area contributed by atoms with Crippen molar-refractivity contribution in [1.29, 1.82) is 0 Å². The topological polar surface area (TPSA) is 75.5 Å². The lowest BCUT2D eigenvalue weighted by atomic mass is 10.2. The smallest absolute Gasteiger partial charge is 0.254 e. The van der Waals surface area contributed by atoms with Crippen LogP contribution in [0.4, 0.5) is 0 Å².